The van der Waals surface area contributed by atoms with Crippen LogP contribution in [0.25, 0.3) is 0 Å². The lowest BCUT2D eigenvalue weighted by Gasteiger charge is -2.23. The number of unbranched alkanes of at least 4 members (excludes halogenated alkanes) is 1. The molecule has 4 heteroatoms. The first-order valence-corrected chi connectivity index (χ1v) is 7.95. The topological polar surface area (TPSA) is 40.7 Å². The third-order valence-corrected chi connectivity index (χ3v) is 4.52. The first kappa shape index (κ1) is 14.9. The lowest BCUT2D eigenvalue weighted by Crippen LogP contribution is -2.29. The van der Waals surface area contributed by atoms with Crippen LogP contribution in [0.2, 0.25) is 5.15 Å². The maximum Gasteiger partial charge on any atom is 0.151 e. The summed E-state index contributed by atoms with van der Waals surface area (Å²) in [5, 5.41) is 4.17. The Balaban J connectivity index is 1.80. The molecule has 0 unspecified atom stereocenters. The van der Waals surface area contributed by atoms with Crippen LogP contribution < -0.4 is 5.32 Å². The van der Waals surface area contributed by atoms with Crippen LogP contribution in [0.15, 0.2) is 0 Å². The largest absolute Gasteiger partial charge is 0.344 e. The quantitative estimate of drug-likeness (QED) is 0.792. The lowest BCUT2D eigenvalue weighted by atomic mass is 9.89. The van der Waals surface area contributed by atoms with Gasteiger partial charge in [0.05, 0.1) is 5.69 Å². The Morgan fingerprint density at radius 2 is 2.11 bits per heavy atom. The Hall–Kier alpha value is -0.540. The normalized spacial score (nSPS) is 18.1. The average Bonchev–Trinajstić information content (AvgIpc) is 2.95. The van der Waals surface area contributed by atoms with Gasteiger partial charge in [-0.15, -0.1) is 0 Å². The van der Waals surface area contributed by atoms with E-state index in [4.69, 9.17) is 11.6 Å². The molecule has 0 amide bonds. The Kier molecular flexibility index (Phi) is 5.28. The van der Waals surface area contributed by atoms with Crippen molar-refractivity contribution in [2.45, 2.75) is 65.3 Å². The van der Waals surface area contributed by atoms with Crippen LogP contribution in [0.1, 0.15) is 63.9 Å². The van der Waals surface area contributed by atoms with Crippen LogP contribution in [0, 0.1) is 5.41 Å². The monoisotopic (exact) mass is 283 g/mol. The zero-order valence-electron chi connectivity index (χ0n) is 12.2. The van der Waals surface area contributed by atoms with E-state index in [1.807, 2.05) is 0 Å². The van der Waals surface area contributed by atoms with Crippen molar-refractivity contribution in [1.29, 1.82) is 0 Å². The molecule has 0 aromatic carbocycles. The minimum atomic E-state index is 0.484. The van der Waals surface area contributed by atoms with Gasteiger partial charge in [0.15, 0.2) is 5.15 Å². The predicted octanol–water partition coefficient (Wildman–Crippen LogP) is 4.08. The van der Waals surface area contributed by atoms with Gasteiger partial charge in [-0.3, -0.25) is 0 Å². The van der Waals surface area contributed by atoms with Gasteiger partial charge in [-0.05, 0) is 24.7 Å². The fourth-order valence-electron chi connectivity index (χ4n) is 2.91. The van der Waals surface area contributed by atoms with Crippen LogP contribution in [0.3, 0.4) is 0 Å². The van der Waals surface area contributed by atoms with Gasteiger partial charge in [-0.1, -0.05) is 44.7 Å². The third kappa shape index (κ3) is 4.22. The summed E-state index contributed by atoms with van der Waals surface area (Å²) in [4.78, 5) is 7.73. The number of aromatic amines is 1. The van der Waals surface area contributed by atoms with E-state index in [-0.39, 0.29) is 0 Å². The second-order valence-electron chi connectivity index (χ2n) is 6.18. The highest BCUT2D eigenvalue weighted by Crippen LogP contribution is 2.36. The summed E-state index contributed by atoms with van der Waals surface area (Å²) >= 11 is 6.17. The molecule has 3 nitrogen and oxygen atoms in total. The second-order valence-corrected chi connectivity index (χ2v) is 6.54. The van der Waals surface area contributed by atoms with Gasteiger partial charge in [0.2, 0.25) is 0 Å². The number of H-pyrrole nitrogens is 1. The van der Waals surface area contributed by atoms with Gasteiger partial charge in [-0.25, -0.2) is 4.98 Å². The molecule has 1 aromatic rings. The van der Waals surface area contributed by atoms with Gasteiger partial charge in [0.1, 0.15) is 5.82 Å². The van der Waals surface area contributed by atoms with Gasteiger partial charge >= 0.3 is 0 Å². The van der Waals surface area contributed by atoms with Crippen molar-refractivity contribution in [2.24, 2.45) is 5.41 Å². The maximum atomic E-state index is 6.17. The van der Waals surface area contributed by atoms with E-state index in [1.54, 1.807) is 0 Å². The second kappa shape index (κ2) is 6.76. The number of hydrogen-bond acceptors (Lipinski definition) is 2. The standard InChI is InChI=1S/C15H26ClN3/c1-3-4-7-13-18-12(14(16)19-13)10-17-11-15(2)8-5-6-9-15/h17H,3-11H2,1-2H3,(H,18,19). The summed E-state index contributed by atoms with van der Waals surface area (Å²) in [5.41, 5.74) is 1.52. The number of aromatic nitrogens is 2. The SMILES string of the molecule is CCCCc1nc(Cl)c(CNCC2(C)CCCC2)[nH]1. The van der Waals surface area contributed by atoms with Crippen molar-refractivity contribution in [3.63, 3.8) is 0 Å². The molecule has 0 spiro atoms. The average molecular weight is 284 g/mol. The molecule has 0 bridgehead atoms. The molecule has 1 aromatic heterocycles. The van der Waals surface area contributed by atoms with Crippen molar-refractivity contribution in [2.75, 3.05) is 6.54 Å². The number of hydrogen-bond donors (Lipinski definition) is 2. The number of aryl methyl sites for hydroxylation is 1. The van der Waals surface area contributed by atoms with Crippen molar-refractivity contribution < 1.29 is 0 Å². The zero-order valence-corrected chi connectivity index (χ0v) is 12.9. The summed E-state index contributed by atoms with van der Waals surface area (Å²) in [6.07, 6.45) is 8.79. The Bertz CT molecular complexity index is 394. The van der Waals surface area contributed by atoms with Crippen molar-refractivity contribution >= 4 is 11.6 Å². The van der Waals surface area contributed by atoms with Gasteiger partial charge in [0, 0.05) is 19.5 Å². The summed E-state index contributed by atoms with van der Waals surface area (Å²) in [6, 6.07) is 0. The number of halogens is 1. The van der Waals surface area contributed by atoms with Crippen molar-refractivity contribution in [3.05, 3.63) is 16.7 Å². The van der Waals surface area contributed by atoms with E-state index >= 15 is 0 Å². The van der Waals surface area contributed by atoms with Gasteiger partial charge < -0.3 is 10.3 Å². The molecule has 1 fully saturated rings. The lowest BCUT2D eigenvalue weighted by molar-refractivity contribution is 0.314. The minimum absolute atomic E-state index is 0.484. The highest BCUT2D eigenvalue weighted by molar-refractivity contribution is 6.30. The van der Waals surface area contributed by atoms with Crippen LogP contribution in [0.5, 0.6) is 0 Å². The highest BCUT2D eigenvalue weighted by atomic mass is 35.5. The van der Waals surface area contributed by atoms with Crippen LogP contribution in [-0.4, -0.2) is 16.5 Å². The minimum Gasteiger partial charge on any atom is -0.344 e. The zero-order chi connectivity index (χ0) is 13.7. The molecule has 2 rings (SSSR count). The van der Waals surface area contributed by atoms with E-state index in [0.29, 0.717) is 10.6 Å². The van der Waals surface area contributed by atoms with E-state index in [1.165, 1.54) is 32.1 Å². The van der Waals surface area contributed by atoms with Crippen molar-refractivity contribution in [3.8, 4) is 0 Å². The van der Waals surface area contributed by atoms with Crippen LogP contribution in [-0.2, 0) is 13.0 Å². The van der Waals surface area contributed by atoms with E-state index in [9.17, 15) is 0 Å². The molecule has 0 aliphatic heterocycles. The van der Waals surface area contributed by atoms with Gasteiger partial charge in [-0.2, -0.15) is 0 Å². The van der Waals surface area contributed by atoms with Crippen molar-refractivity contribution in [1.82, 2.24) is 15.3 Å². The maximum absolute atomic E-state index is 6.17. The Morgan fingerprint density at radius 1 is 1.37 bits per heavy atom. The number of nitrogens with zero attached hydrogens (tertiary/aromatic N) is 1. The predicted molar refractivity (Wildman–Crippen MR) is 80.5 cm³/mol. The molecule has 1 saturated carbocycles. The Labute approximate surface area is 121 Å². The number of imidazole rings is 1. The number of rotatable bonds is 7. The van der Waals surface area contributed by atoms with E-state index in [2.05, 4.69) is 29.1 Å². The van der Waals surface area contributed by atoms with Crippen LogP contribution >= 0.6 is 11.6 Å². The third-order valence-electron chi connectivity index (χ3n) is 4.21. The highest BCUT2D eigenvalue weighted by Gasteiger charge is 2.27. The fraction of sp³-hybridized carbons (Fsp3) is 0.800. The van der Waals surface area contributed by atoms with E-state index in [0.717, 1.165) is 37.4 Å². The first-order valence-electron chi connectivity index (χ1n) is 7.57. The molecule has 0 saturated heterocycles. The number of nitrogens with one attached hydrogen (secondary N) is 2. The summed E-state index contributed by atoms with van der Waals surface area (Å²) in [5.74, 6) is 1.02. The molecule has 1 heterocycles. The smallest absolute Gasteiger partial charge is 0.151 e. The molecule has 1 aliphatic rings. The summed E-state index contributed by atoms with van der Waals surface area (Å²) in [7, 11) is 0. The molecule has 0 atom stereocenters. The molecule has 2 N–H and O–H groups in total. The Morgan fingerprint density at radius 3 is 2.79 bits per heavy atom. The summed E-state index contributed by atoms with van der Waals surface area (Å²) < 4.78 is 0. The molecular weight excluding hydrogens is 258 g/mol. The fourth-order valence-corrected chi connectivity index (χ4v) is 3.13. The first-order chi connectivity index (χ1) is 9.13. The molecule has 108 valence electrons. The molecule has 0 radical (unpaired) electrons. The van der Waals surface area contributed by atoms with Crippen LogP contribution in [0.4, 0.5) is 0 Å². The molecule has 19 heavy (non-hydrogen) atoms. The molecular formula is C15H26ClN3. The molecule has 1 aliphatic carbocycles. The van der Waals surface area contributed by atoms with E-state index < -0.39 is 0 Å². The summed E-state index contributed by atoms with van der Waals surface area (Å²) in [6.45, 7) is 6.45. The van der Waals surface area contributed by atoms with Gasteiger partial charge in [0.25, 0.3) is 0 Å².